The fourth-order valence-electron chi connectivity index (χ4n) is 2.40. The van der Waals surface area contributed by atoms with Crippen LogP contribution in [0.4, 0.5) is 11.5 Å². The topological polar surface area (TPSA) is 69.4 Å². The molecule has 5 heteroatoms. The maximum atomic E-state index is 5.91. The van der Waals surface area contributed by atoms with Crippen molar-refractivity contribution in [1.82, 2.24) is 4.98 Å². The lowest BCUT2D eigenvalue weighted by Crippen LogP contribution is -2.25. The van der Waals surface area contributed by atoms with Crippen LogP contribution in [0.25, 0.3) is 0 Å². The minimum atomic E-state index is -0.311. The van der Waals surface area contributed by atoms with Gasteiger partial charge in [0.25, 0.3) is 0 Å². The molecule has 1 fully saturated rings. The molecule has 0 radical (unpaired) electrons. The van der Waals surface area contributed by atoms with Gasteiger partial charge in [0.05, 0.1) is 11.8 Å². The Bertz CT molecular complexity index is 457. The number of ether oxygens (including phenoxy) is 2. The van der Waals surface area contributed by atoms with Gasteiger partial charge in [-0.15, -0.1) is 0 Å². The number of hydrogen-bond donors (Lipinski definition) is 2. The molecule has 0 bridgehead atoms. The Morgan fingerprint density at radius 1 is 1.30 bits per heavy atom. The molecule has 1 heterocycles. The third-order valence-corrected chi connectivity index (χ3v) is 3.36. The van der Waals surface area contributed by atoms with Gasteiger partial charge >= 0.3 is 0 Å². The largest absolute Gasteiger partial charge is 0.470 e. The summed E-state index contributed by atoms with van der Waals surface area (Å²) < 4.78 is 11.2. The van der Waals surface area contributed by atoms with E-state index in [0.29, 0.717) is 23.7 Å². The second-order valence-electron chi connectivity index (χ2n) is 6.32. The number of nitrogens with zero attached hydrogens (tertiary/aromatic N) is 1. The van der Waals surface area contributed by atoms with E-state index in [9.17, 15) is 0 Å². The fourth-order valence-corrected chi connectivity index (χ4v) is 2.40. The van der Waals surface area contributed by atoms with Crippen LogP contribution in [0.15, 0.2) is 12.1 Å². The lowest BCUT2D eigenvalue weighted by atomic mass is 10.2. The van der Waals surface area contributed by atoms with Gasteiger partial charge in [-0.1, -0.05) is 0 Å². The summed E-state index contributed by atoms with van der Waals surface area (Å²) in [5, 5.41) is 3.43. The van der Waals surface area contributed by atoms with Crippen molar-refractivity contribution in [3.63, 3.8) is 0 Å². The van der Waals surface area contributed by atoms with Crippen LogP contribution in [0.1, 0.15) is 40.0 Å². The van der Waals surface area contributed by atoms with Crippen LogP contribution < -0.4 is 15.8 Å². The van der Waals surface area contributed by atoms with Gasteiger partial charge in [0.15, 0.2) is 0 Å². The molecule has 5 nitrogen and oxygen atoms in total. The van der Waals surface area contributed by atoms with E-state index in [-0.39, 0.29) is 5.60 Å². The molecular formula is C15H25N3O2. The number of nitrogens with two attached hydrogens (primary N) is 1. The maximum absolute atomic E-state index is 5.91. The minimum absolute atomic E-state index is 0.311. The van der Waals surface area contributed by atoms with Crippen molar-refractivity contribution in [2.75, 3.05) is 18.2 Å². The second kappa shape index (κ2) is 5.87. The number of hydrogen-bond acceptors (Lipinski definition) is 5. The van der Waals surface area contributed by atoms with Gasteiger partial charge in [-0.05, 0) is 52.2 Å². The summed E-state index contributed by atoms with van der Waals surface area (Å²) in [6.45, 7) is 5.94. The number of nitrogens with one attached hydrogen (secondary N) is 1. The molecule has 0 amide bonds. The van der Waals surface area contributed by atoms with E-state index in [1.165, 1.54) is 0 Å². The predicted molar refractivity (Wildman–Crippen MR) is 81.1 cm³/mol. The molecule has 1 saturated carbocycles. The van der Waals surface area contributed by atoms with Crippen LogP contribution in [0.3, 0.4) is 0 Å². The summed E-state index contributed by atoms with van der Waals surface area (Å²) in [7, 11) is 1.77. The number of anilines is 2. The normalized spacial score (nSPS) is 22.8. The molecule has 20 heavy (non-hydrogen) atoms. The number of rotatable bonds is 4. The average Bonchev–Trinajstić information content (AvgIpc) is 2.79. The molecule has 0 aliphatic heterocycles. The molecule has 2 unspecified atom stereocenters. The number of nitrogen functional groups attached to an aromatic ring is 1. The Labute approximate surface area is 120 Å². The highest BCUT2D eigenvalue weighted by Gasteiger charge is 2.25. The summed E-state index contributed by atoms with van der Waals surface area (Å²) in [5.41, 5.74) is 6.16. The number of aromatic nitrogens is 1. The molecular weight excluding hydrogens is 254 g/mol. The van der Waals surface area contributed by atoms with Crippen molar-refractivity contribution in [3.05, 3.63) is 12.1 Å². The van der Waals surface area contributed by atoms with Crippen molar-refractivity contribution in [2.45, 2.75) is 57.8 Å². The third-order valence-electron chi connectivity index (χ3n) is 3.36. The van der Waals surface area contributed by atoms with Crippen LogP contribution in [-0.4, -0.2) is 29.8 Å². The maximum Gasteiger partial charge on any atom is 0.239 e. The van der Waals surface area contributed by atoms with Crippen molar-refractivity contribution in [1.29, 1.82) is 0 Å². The molecule has 1 aliphatic rings. The first-order valence-corrected chi connectivity index (χ1v) is 7.12. The van der Waals surface area contributed by atoms with E-state index in [0.717, 1.165) is 25.1 Å². The molecule has 2 atom stereocenters. The third kappa shape index (κ3) is 4.00. The molecule has 2 rings (SSSR count). The minimum Gasteiger partial charge on any atom is -0.470 e. The first-order chi connectivity index (χ1) is 9.37. The standard InChI is InChI=1S/C15H25N3O2/c1-15(2,3)20-14-12(16)7-8-13(18-14)17-10-5-6-11(9-10)19-4/h7-8,10-11H,5-6,9,16H2,1-4H3,(H,17,18). The van der Waals surface area contributed by atoms with Gasteiger partial charge in [0.1, 0.15) is 11.4 Å². The first kappa shape index (κ1) is 14.9. The lowest BCUT2D eigenvalue weighted by Gasteiger charge is -2.22. The summed E-state index contributed by atoms with van der Waals surface area (Å²) in [5.74, 6) is 1.30. The van der Waals surface area contributed by atoms with Crippen LogP contribution >= 0.6 is 0 Å². The lowest BCUT2D eigenvalue weighted by molar-refractivity contribution is 0.108. The molecule has 1 aromatic rings. The van der Waals surface area contributed by atoms with E-state index in [2.05, 4.69) is 10.3 Å². The van der Waals surface area contributed by atoms with Gasteiger partial charge in [0, 0.05) is 13.2 Å². The van der Waals surface area contributed by atoms with Crippen LogP contribution in [-0.2, 0) is 4.74 Å². The SMILES string of the molecule is COC1CCC(Nc2ccc(N)c(OC(C)(C)C)n2)C1. The molecule has 0 spiro atoms. The van der Waals surface area contributed by atoms with E-state index in [4.69, 9.17) is 15.2 Å². The first-order valence-electron chi connectivity index (χ1n) is 7.12. The summed E-state index contributed by atoms with van der Waals surface area (Å²) in [4.78, 5) is 4.47. The van der Waals surface area contributed by atoms with Crippen LogP contribution in [0.2, 0.25) is 0 Å². The van der Waals surface area contributed by atoms with Crippen molar-refractivity contribution >= 4 is 11.5 Å². The van der Waals surface area contributed by atoms with E-state index in [1.807, 2.05) is 32.9 Å². The van der Waals surface area contributed by atoms with E-state index in [1.54, 1.807) is 7.11 Å². The molecule has 1 aliphatic carbocycles. The van der Waals surface area contributed by atoms with Crippen molar-refractivity contribution in [2.24, 2.45) is 0 Å². The highest BCUT2D eigenvalue weighted by molar-refractivity contribution is 5.54. The van der Waals surface area contributed by atoms with Crippen molar-refractivity contribution in [3.8, 4) is 5.88 Å². The molecule has 0 saturated heterocycles. The average molecular weight is 279 g/mol. The smallest absolute Gasteiger partial charge is 0.239 e. The summed E-state index contributed by atoms with van der Waals surface area (Å²) >= 11 is 0. The molecule has 0 aromatic carbocycles. The summed E-state index contributed by atoms with van der Waals surface area (Å²) in [6.07, 6.45) is 3.55. The second-order valence-corrected chi connectivity index (χ2v) is 6.32. The highest BCUT2D eigenvalue weighted by atomic mass is 16.5. The van der Waals surface area contributed by atoms with Gasteiger partial charge < -0.3 is 20.5 Å². The van der Waals surface area contributed by atoms with E-state index >= 15 is 0 Å². The quantitative estimate of drug-likeness (QED) is 0.887. The van der Waals surface area contributed by atoms with Crippen molar-refractivity contribution < 1.29 is 9.47 Å². The zero-order valence-corrected chi connectivity index (χ0v) is 12.8. The molecule has 1 aromatic heterocycles. The monoisotopic (exact) mass is 279 g/mol. The molecule has 112 valence electrons. The van der Waals surface area contributed by atoms with Gasteiger partial charge in [-0.2, -0.15) is 4.98 Å². The Morgan fingerprint density at radius 2 is 2.05 bits per heavy atom. The van der Waals surface area contributed by atoms with Gasteiger partial charge in [0.2, 0.25) is 5.88 Å². The zero-order valence-electron chi connectivity index (χ0n) is 12.8. The van der Waals surface area contributed by atoms with Gasteiger partial charge in [-0.25, -0.2) is 0 Å². The highest BCUT2D eigenvalue weighted by Crippen LogP contribution is 2.28. The van der Waals surface area contributed by atoms with Gasteiger partial charge in [-0.3, -0.25) is 0 Å². The zero-order chi connectivity index (χ0) is 14.8. The Hall–Kier alpha value is -1.49. The number of methoxy groups -OCH3 is 1. The predicted octanol–water partition coefficient (Wildman–Crippen LogP) is 2.82. The Kier molecular flexibility index (Phi) is 4.38. The fraction of sp³-hybridized carbons (Fsp3) is 0.667. The molecule has 3 N–H and O–H groups in total. The summed E-state index contributed by atoms with van der Waals surface area (Å²) in [6, 6.07) is 4.13. The Balaban J connectivity index is 2.04. The van der Waals surface area contributed by atoms with Crippen LogP contribution in [0.5, 0.6) is 5.88 Å². The van der Waals surface area contributed by atoms with E-state index < -0.39 is 0 Å². The van der Waals surface area contributed by atoms with Crippen LogP contribution in [0, 0.1) is 0 Å². The number of pyridine rings is 1. The Morgan fingerprint density at radius 3 is 2.65 bits per heavy atom.